The SMILES string of the molecule is NC(=O)COCCOC(=O)C(N)Cc1cnc[nH]1. The summed E-state index contributed by atoms with van der Waals surface area (Å²) in [6.07, 6.45) is 3.41. The van der Waals surface area contributed by atoms with Gasteiger partial charge in [0.1, 0.15) is 19.3 Å². The maximum absolute atomic E-state index is 11.4. The first-order chi connectivity index (χ1) is 8.59. The van der Waals surface area contributed by atoms with Crippen molar-refractivity contribution in [1.82, 2.24) is 9.97 Å². The van der Waals surface area contributed by atoms with Gasteiger partial charge < -0.3 is 25.9 Å². The predicted molar refractivity (Wildman–Crippen MR) is 61.2 cm³/mol. The lowest BCUT2D eigenvalue weighted by atomic mass is 10.2. The largest absolute Gasteiger partial charge is 0.462 e. The normalized spacial score (nSPS) is 12.1. The Balaban J connectivity index is 2.14. The van der Waals surface area contributed by atoms with Crippen LogP contribution in [0.4, 0.5) is 0 Å². The Kier molecular flexibility index (Phi) is 5.81. The van der Waals surface area contributed by atoms with Crippen molar-refractivity contribution >= 4 is 11.9 Å². The number of carbonyl (C=O) groups is 2. The van der Waals surface area contributed by atoms with E-state index in [1.54, 1.807) is 6.20 Å². The number of aromatic amines is 1. The number of carbonyl (C=O) groups excluding carboxylic acids is 2. The van der Waals surface area contributed by atoms with Crippen molar-refractivity contribution in [2.24, 2.45) is 11.5 Å². The molecular weight excluding hydrogens is 240 g/mol. The number of primary amides is 1. The van der Waals surface area contributed by atoms with Gasteiger partial charge in [0.2, 0.25) is 5.91 Å². The molecule has 0 bridgehead atoms. The van der Waals surface area contributed by atoms with Gasteiger partial charge >= 0.3 is 5.97 Å². The first-order valence-electron chi connectivity index (χ1n) is 5.35. The van der Waals surface area contributed by atoms with Crippen molar-refractivity contribution in [1.29, 1.82) is 0 Å². The van der Waals surface area contributed by atoms with E-state index in [1.807, 2.05) is 0 Å². The van der Waals surface area contributed by atoms with Gasteiger partial charge in [-0.3, -0.25) is 9.59 Å². The summed E-state index contributed by atoms with van der Waals surface area (Å²) >= 11 is 0. The molecule has 8 heteroatoms. The minimum atomic E-state index is -0.762. The molecule has 0 spiro atoms. The van der Waals surface area contributed by atoms with Crippen molar-refractivity contribution in [2.45, 2.75) is 12.5 Å². The molecule has 0 aliphatic rings. The van der Waals surface area contributed by atoms with Crippen LogP contribution in [0.15, 0.2) is 12.5 Å². The van der Waals surface area contributed by atoms with E-state index in [4.69, 9.17) is 20.9 Å². The van der Waals surface area contributed by atoms with E-state index >= 15 is 0 Å². The van der Waals surface area contributed by atoms with E-state index in [-0.39, 0.29) is 19.8 Å². The topological polar surface area (TPSA) is 133 Å². The van der Waals surface area contributed by atoms with Crippen molar-refractivity contribution < 1.29 is 19.1 Å². The molecule has 0 radical (unpaired) electrons. The fourth-order valence-corrected chi connectivity index (χ4v) is 1.20. The second-order valence-electron chi connectivity index (χ2n) is 3.57. The van der Waals surface area contributed by atoms with Crippen molar-refractivity contribution in [3.8, 4) is 0 Å². The number of amides is 1. The molecule has 1 aromatic heterocycles. The van der Waals surface area contributed by atoms with Crippen molar-refractivity contribution in [3.05, 3.63) is 18.2 Å². The Labute approximate surface area is 104 Å². The van der Waals surface area contributed by atoms with Gasteiger partial charge in [0, 0.05) is 18.3 Å². The highest BCUT2D eigenvalue weighted by Crippen LogP contribution is 1.98. The van der Waals surface area contributed by atoms with Crippen LogP contribution >= 0.6 is 0 Å². The van der Waals surface area contributed by atoms with Gasteiger partial charge in [-0.2, -0.15) is 0 Å². The van der Waals surface area contributed by atoms with Crippen LogP contribution in [-0.4, -0.2) is 47.7 Å². The van der Waals surface area contributed by atoms with E-state index < -0.39 is 17.9 Å². The molecule has 1 aromatic rings. The molecule has 1 atom stereocenters. The summed E-state index contributed by atoms with van der Waals surface area (Å²) in [5.41, 5.74) is 11.2. The third kappa shape index (κ3) is 5.41. The number of nitrogens with two attached hydrogens (primary N) is 2. The molecule has 5 N–H and O–H groups in total. The quantitative estimate of drug-likeness (QED) is 0.376. The molecule has 1 heterocycles. The Bertz CT molecular complexity index is 379. The van der Waals surface area contributed by atoms with Gasteiger partial charge in [-0.25, -0.2) is 4.98 Å². The number of esters is 1. The molecule has 0 aliphatic carbocycles. The molecule has 1 unspecified atom stereocenters. The highest BCUT2D eigenvalue weighted by atomic mass is 16.6. The van der Waals surface area contributed by atoms with Gasteiger partial charge in [0.15, 0.2) is 0 Å². The summed E-state index contributed by atoms with van der Waals surface area (Å²) in [5.74, 6) is -1.11. The van der Waals surface area contributed by atoms with Gasteiger partial charge in [-0.1, -0.05) is 0 Å². The summed E-state index contributed by atoms with van der Waals surface area (Å²) in [6.45, 7) is -0.0635. The predicted octanol–water partition coefficient (Wildman–Crippen LogP) is -1.68. The zero-order valence-corrected chi connectivity index (χ0v) is 9.80. The summed E-state index contributed by atoms with van der Waals surface area (Å²) in [7, 11) is 0. The van der Waals surface area contributed by atoms with Crippen LogP contribution in [0.2, 0.25) is 0 Å². The number of ether oxygens (including phenoxy) is 2. The van der Waals surface area contributed by atoms with Crippen LogP contribution in [0, 0.1) is 0 Å². The van der Waals surface area contributed by atoms with E-state index in [0.29, 0.717) is 6.42 Å². The molecule has 0 fully saturated rings. The molecule has 100 valence electrons. The van der Waals surface area contributed by atoms with E-state index in [2.05, 4.69) is 9.97 Å². The highest BCUT2D eigenvalue weighted by Gasteiger charge is 2.16. The summed E-state index contributed by atoms with van der Waals surface area (Å²) < 4.78 is 9.68. The Morgan fingerprint density at radius 2 is 2.22 bits per heavy atom. The first kappa shape index (κ1) is 14.1. The van der Waals surface area contributed by atoms with E-state index in [0.717, 1.165) is 5.69 Å². The average Bonchev–Trinajstić information content (AvgIpc) is 2.80. The number of H-pyrrole nitrogens is 1. The zero-order valence-electron chi connectivity index (χ0n) is 9.80. The summed E-state index contributed by atoms with van der Waals surface area (Å²) in [4.78, 5) is 28.4. The van der Waals surface area contributed by atoms with Crippen LogP contribution in [-0.2, 0) is 25.5 Å². The number of imidazole rings is 1. The van der Waals surface area contributed by atoms with Gasteiger partial charge in [-0.15, -0.1) is 0 Å². The smallest absolute Gasteiger partial charge is 0.323 e. The maximum Gasteiger partial charge on any atom is 0.323 e. The lowest BCUT2D eigenvalue weighted by molar-refractivity contribution is -0.146. The Morgan fingerprint density at radius 1 is 1.44 bits per heavy atom. The van der Waals surface area contributed by atoms with E-state index in [1.165, 1.54) is 6.33 Å². The fourth-order valence-electron chi connectivity index (χ4n) is 1.20. The minimum absolute atomic E-state index is 0.0305. The van der Waals surface area contributed by atoms with Crippen LogP contribution in [0.1, 0.15) is 5.69 Å². The Hall–Kier alpha value is -1.93. The molecule has 0 aromatic carbocycles. The number of rotatable bonds is 8. The van der Waals surface area contributed by atoms with Crippen molar-refractivity contribution in [3.63, 3.8) is 0 Å². The van der Waals surface area contributed by atoms with Gasteiger partial charge in [0.05, 0.1) is 12.9 Å². The molecule has 1 rings (SSSR count). The maximum atomic E-state index is 11.4. The minimum Gasteiger partial charge on any atom is -0.462 e. The second kappa shape index (κ2) is 7.41. The molecule has 0 saturated heterocycles. The molecule has 8 nitrogen and oxygen atoms in total. The molecular formula is C10H16N4O4. The number of nitrogens with one attached hydrogen (secondary N) is 1. The summed E-state index contributed by atoms with van der Waals surface area (Å²) in [6, 6.07) is -0.762. The molecule has 0 saturated carbocycles. The van der Waals surface area contributed by atoms with Crippen molar-refractivity contribution in [2.75, 3.05) is 19.8 Å². The Morgan fingerprint density at radius 3 is 2.83 bits per heavy atom. The molecule has 1 amide bonds. The standard InChI is InChI=1S/C10H16N4O4/c11-8(3-7-4-13-6-14-7)10(16)18-2-1-17-5-9(12)15/h4,6,8H,1-3,5,11H2,(H2,12,15)(H,13,14). The third-order valence-electron chi connectivity index (χ3n) is 2.01. The van der Waals surface area contributed by atoms with Crippen LogP contribution < -0.4 is 11.5 Å². The second-order valence-corrected chi connectivity index (χ2v) is 3.57. The lowest BCUT2D eigenvalue weighted by Gasteiger charge is -2.10. The first-order valence-corrected chi connectivity index (χ1v) is 5.35. The number of hydrogen-bond acceptors (Lipinski definition) is 6. The van der Waals surface area contributed by atoms with E-state index in [9.17, 15) is 9.59 Å². The number of nitrogens with zero attached hydrogens (tertiary/aromatic N) is 1. The van der Waals surface area contributed by atoms with Crippen LogP contribution in [0.3, 0.4) is 0 Å². The third-order valence-corrected chi connectivity index (χ3v) is 2.01. The summed E-state index contributed by atoms with van der Waals surface area (Å²) in [5, 5.41) is 0. The zero-order chi connectivity index (χ0) is 13.4. The average molecular weight is 256 g/mol. The number of hydrogen-bond donors (Lipinski definition) is 3. The number of aromatic nitrogens is 2. The monoisotopic (exact) mass is 256 g/mol. The van der Waals surface area contributed by atoms with Crippen LogP contribution in [0.25, 0.3) is 0 Å². The highest BCUT2D eigenvalue weighted by molar-refractivity contribution is 5.76. The fraction of sp³-hybridized carbons (Fsp3) is 0.500. The molecule has 0 aliphatic heterocycles. The van der Waals surface area contributed by atoms with Gasteiger partial charge in [-0.05, 0) is 0 Å². The van der Waals surface area contributed by atoms with Crippen LogP contribution in [0.5, 0.6) is 0 Å². The molecule has 18 heavy (non-hydrogen) atoms. The lowest BCUT2D eigenvalue weighted by Crippen LogP contribution is -2.35. The van der Waals surface area contributed by atoms with Gasteiger partial charge in [0.25, 0.3) is 0 Å².